The Morgan fingerprint density at radius 1 is 1.22 bits per heavy atom. The molecule has 0 saturated carbocycles. The van der Waals surface area contributed by atoms with Crippen LogP contribution in [0.1, 0.15) is 11.1 Å². The number of hydrogen-bond donors (Lipinski definition) is 1. The number of thioether (sulfide) groups is 2. The van der Waals surface area contributed by atoms with Gasteiger partial charge in [0, 0.05) is 11.8 Å². The van der Waals surface area contributed by atoms with Gasteiger partial charge in [0.1, 0.15) is 15.9 Å². The number of ether oxygens (including phenoxy) is 1. The van der Waals surface area contributed by atoms with Gasteiger partial charge in [0.25, 0.3) is 5.91 Å². The molecule has 2 aliphatic rings. The van der Waals surface area contributed by atoms with Gasteiger partial charge in [-0.15, -0.1) is 0 Å². The van der Waals surface area contributed by atoms with E-state index in [0.717, 1.165) is 34.3 Å². The SMILES string of the molecule is COc1cccc(N2C(=S)SC3C(=O)N=C(SCC(=O)Nc4ccc(C)c(C)c4)N=C32)c1. The van der Waals surface area contributed by atoms with E-state index in [2.05, 4.69) is 15.3 Å². The van der Waals surface area contributed by atoms with E-state index in [1.54, 1.807) is 12.0 Å². The lowest BCUT2D eigenvalue weighted by Gasteiger charge is -2.21. The summed E-state index contributed by atoms with van der Waals surface area (Å²) in [4.78, 5) is 35.4. The number of aryl methyl sites for hydroxylation is 2. The number of fused-ring (bicyclic) bond motifs is 1. The molecule has 2 amide bonds. The summed E-state index contributed by atoms with van der Waals surface area (Å²) in [5, 5.41) is 2.53. The topological polar surface area (TPSA) is 83.4 Å². The van der Waals surface area contributed by atoms with E-state index < -0.39 is 5.25 Å². The number of amides is 2. The first-order chi connectivity index (χ1) is 15.4. The minimum Gasteiger partial charge on any atom is -0.497 e. The molecule has 0 aliphatic carbocycles. The van der Waals surface area contributed by atoms with Crippen LogP contribution >= 0.6 is 35.7 Å². The Labute approximate surface area is 199 Å². The molecule has 1 fully saturated rings. The van der Waals surface area contributed by atoms with Gasteiger partial charge in [-0.05, 0) is 49.2 Å². The fraction of sp³-hybridized carbons (Fsp3) is 0.227. The van der Waals surface area contributed by atoms with Gasteiger partial charge in [-0.1, -0.05) is 47.9 Å². The number of methoxy groups -OCH3 is 1. The third-order valence-electron chi connectivity index (χ3n) is 4.94. The maximum absolute atomic E-state index is 12.6. The molecule has 0 spiro atoms. The lowest BCUT2D eigenvalue weighted by Crippen LogP contribution is -2.37. The van der Waals surface area contributed by atoms with Crippen LogP contribution < -0.4 is 15.0 Å². The second-order valence-electron chi connectivity index (χ2n) is 7.14. The highest BCUT2D eigenvalue weighted by molar-refractivity contribution is 8.25. The van der Waals surface area contributed by atoms with Crippen LogP contribution in [0.15, 0.2) is 52.4 Å². The van der Waals surface area contributed by atoms with Gasteiger partial charge in [0.05, 0.1) is 18.6 Å². The van der Waals surface area contributed by atoms with Crippen molar-refractivity contribution in [2.45, 2.75) is 19.1 Å². The van der Waals surface area contributed by atoms with Crippen molar-refractivity contribution in [3.63, 3.8) is 0 Å². The van der Waals surface area contributed by atoms with Crippen molar-refractivity contribution in [2.75, 3.05) is 23.1 Å². The van der Waals surface area contributed by atoms with Crippen LogP contribution in [-0.2, 0) is 9.59 Å². The zero-order chi connectivity index (χ0) is 22.8. The van der Waals surface area contributed by atoms with Crippen LogP contribution in [0.2, 0.25) is 0 Å². The van der Waals surface area contributed by atoms with E-state index in [0.29, 0.717) is 15.9 Å². The predicted molar refractivity (Wildman–Crippen MR) is 136 cm³/mol. The summed E-state index contributed by atoms with van der Waals surface area (Å²) in [6.07, 6.45) is 0. The third-order valence-corrected chi connectivity index (χ3v) is 7.29. The molecule has 2 aromatic rings. The van der Waals surface area contributed by atoms with Crippen LogP contribution in [0.25, 0.3) is 0 Å². The molecule has 4 rings (SSSR count). The minimum atomic E-state index is -0.581. The van der Waals surface area contributed by atoms with Crippen molar-refractivity contribution in [2.24, 2.45) is 9.98 Å². The highest BCUT2D eigenvalue weighted by Gasteiger charge is 2.43. The number of carbonyl (C=O) groups excluding carboxylic acids is 2. The minimum absolute atomic E-state index is 0.0806. The van der Waals surface area contributed by atoms with E-state index in [9.17, 15) is 9.59 Å². The molecule has 164 valence electrons. The molecule has 1 N–H and O–H groups in total. The molecule has 10 heteroatoms. The molecule has 2 aromatic carbocycles. The Kier molecular flexibility index (Phi) is 6.63. The standard InChI is InChI=1S/C22H20N4O3S3/c1-12-7-8-14(9-13(12)2)23-17(27)11-31-21-24-19-18(20(28)25-21)32-22(30)26(19)15-5-4-6-16(10-15)29-3/h4-10,18H,11H2,1-3H3,(H,23,27). The molecule has 7 nitrogen and oxygen atoms in total. The summed E-state index contributed by atoms with van der Waals surface area (Å²) in [7, 11) is 1.59. The first-order valence-electron chi connectivity index (χ1n) is 9.71. The Hall–Kier alpha value is -2.69. The van der Waals surface area contributed by atoms with Crippen LogP contribution in [0.5, 0.6) is 5.75 Å². The Bertz CT molecular complexity index is 1180. The summed E-state index contributed by atoms with van der Waals surface area (Å²) in [6, 6.07) is 13.1. The van der Waals surface area contributed by atoms with Crippen molar-refractivity contribution < 1.29 is 14.3 Å². The molecule has 2 heterocycles. The first-order valence-corrected chi connectivity index (χ1v) is 12.0. The van der Waals surface area contributed by atoms with Crippen LogP contribution in [0.4, 0.5) is 11.4 Å². The maximum atomic E-state index is 12.6. The molecule has 0 radical (unpaired) electrons. The van der Waals surface area contributed by atoms with E-state index in [4.69, 9.17) is 17.0 Å². The molecular formula is C22H20N4O3S3. The summed E-state index contributed by atoms with van der Waals surface area (Å²) in [5.74, 6) is 0.733. The predicted octanol–water partition coefficient (Wildman–Crippen LogP) is 4.19. The first kappa shape index (κ1) is 22.5. The highest BCUT2D eigenvalue weighted by Crippen LogP contribution is 2.37. The summed E-state index contributed by atoms with van der Waals surface area (Å²) in [6.45, 7) is 4.01. The summed E-state index contributed by atoms with van der Waals surface area (Å²) in [5.41, 5.74) is 3.75. The van der Waals surface area contributed by atoms with Crippen molar-refractivity contribution in [1.29, 1.82) is 0 Å². The van der Waals surface area contributed by atoms with E-state index >= 15 is 0 Å². The molecule has 0 bridgehead atoms. The average molecular weight is 485 g/mol. The summed E-state index contributed by atoms with van der Waals surface area (Å²) >= 11 is 7.86. The molecule has 1 unspecified atom stereocenters. The number of amidine groups is 2. The van der Waals surface area contributed by atoms with E-state index in [1.807, 2.05) is 56.3 Å². The van der Waals surface area contributed by atoms with E-state index in [-0.39, 0.29) is 22.7 Å². The molecule has 0 aromatic heterocycles. The molecule has 1 saturated heterocycles. The number of thiocarbonyl (C=S) groups is 1. The summed E-state index contributed by atoms with van der Waals surface area (Å²) < 4.78 is 5.82. The molecule has 1 atom stereocenters. The normalized spacial score (nSPS) is 17.6. The zero-order valence-electron chi connectivity index (χ0n) is 17.6. The van der Waals surface area contributed by atoms with Crippen molar-refractivity contribution >= 4 is 74.3 Å². The van der Waals surface area contributed by atoms with Crippen LogP contribution in [0, 0.1) is 13.8 Å². The van der Waals surface area contributed by atoms with Gasteiger partial charge >= 0.3 is 0 Å². The second kappa shape index (κ2) is 9.43. The zero-order valence-corrected chi connectivity index (χ0v) is 20.1. The molecule has 2 aliphatic heterocycles. The second-order valence-corrected chi connectivity index (χ2v) is 9.82. The van der Waals surface area contributed by atoms with Gasteiger partial charge in [0.15, 0.2) is 10.4 Å². The molecular weight excluding hydrogens is 464 g/mol. The number of benzene rings is 2. The Morgan fingerprint density at radius 2 is 2.03 bits per heavy atom. The van der Waals surface area contributed by atoms with Gasteiger partial charge in [-0.3, -0.25) is 14.5 Å². The molecule has 32 heavy (non-hydrogen) atoms. The Morgan fingerprint density at radius 3 is 2.78 bits per heavy atom. The van der Waals surface area contributed by atoms with E-state index in [1.165, 1.54) is 11.8 Å². The fourth-order valence-electron chi connectivity index (χ4n) is 3.16. The number of anilines is 2. The highest BCUT2D eigenvalue weighted by atomic mass is 32.2. The van der Waals surface area contributed by atoms with Crippen LogP contribution in [-0.4, -0.2) is 45.3 Å². The maximum Gasteiger partial charge on any atom is 0.269 e. The Balaban J connectivity index is 1.48. The fourth-order valence-corrected chi connectivity index (χ4v) is 5.22. The quantitative estimate of drug-likeness (QED) is 0.637. The smallest absolute Gasteiger partial charge is 0.269 e. The number of nitrogens with zero attached hydrogens (tertiary/aromatic N) is 3. The number of hydrogen-bond acceptors (Lipinski definition) is 7. The van der Waals surface area contributed by atoms with Crippen molar-refractivity contribution in [3.8, 4) is 5.75 Å². The number of nitrogens with one attached hydrogen (secondary N) is 1. The van der Waals surface area contributed by atoms with Crippen molar-refractivity contribution in [1.82, 2.24) is 0 Å². The van der Waals surface area contributed by atoms with Gasteiger partial charge in [-0.25, -0.2) is 4.99 Å². The largest absolute Gasteiger partial charge is 0.497 e. The van der Waals surface area contributed by atoms with Crippen molar-refractivity contribution in [3.05, 3.63) is 53.6 Å². The lowest BCUT2D eigenvalue weighted by molar-refractivity contribution is -0.116. The number of aliphatic imine (C=N–C) groups is 2. The lowest BCUT2D eigenvalue weighted by atomic mass is 10.1. The van der Waals surface area contributed by atoms with Gasteiger partial charge in [-0.2, -0.15) is 4.99 Å². The van der Waals surface area contributed by atoms with Gasteiger partial charge in [0.2, 0.25) is 5.91 Å². The number of carbonyl (C=O) groups is 2. The van der Waals surface area contributed by atoms with Crippen LogP contribution in [0.3, 0.4) is 0 Å². The third kappa shape index (κ3) is 4.72. The van der Waals surface area contributed by atoms with Gasteiger partial charge < -0.3 is 10.1 Å². The average Bonchev–Trinajstić information content (AvgIpc) is 3.11. The monoisotopic (exact) mass is 484 g/mol. The number of rotatable bonds is 5.